The normalized spacial score (nSPS) is 10.3. The van der Waals surface area contributed by atoms with E-state index in [1.807, 2.05) is 0 Å². The fraction of sp³-hybridized carbons (Fsp3) is 1.00. The minimum atomic E-state index is -1.21. The van der Waals surface area contributed by atoms with Crippen LogP contribution in [0.4, 0.5) is 0 Å². The van der Waals surface area contributed by atoms with E-state index in [-0.39, 0.29) is 29.6 Å². The van der Waals surface area contributed by atoms with E-state index in [1.54, 1.807) is 0 Å². The molecule has 0 rings (SSSR count). The van der Waals surface area contributed by atoms with Gasteiger partial charge in [0.25, 0.3) is 0 Å². The maximum Gasteiger partial charge on any atom is 1.00 e. The van der Waals surface area contributed by atoms with Crippen LogP contribution < -0.4 is 34.7 Å². The molecule has 2 nitrogen and oxygen atoms in total. The molecule has 0 aliphatic carbocycles. The van der Waals surface area contributed by atoms with Gasteiger partial charge in [-0.15, -0.1) is 0 Å². The summed E-state index contributed by atoms with van der Waals surface area (Å²) in [7, 11) is 1.40. The van der Waals surface area contributed by atoms with Crippen LogP contribution in [0.3, 0.4) is 0 Å². The maximum absolute atomic E-state index is 10.2. The second-order valence-electron chi connectivity index (χ2n) is 1.60. The fourth-order valence-electron chi connectivity index (χ4n) is 0. The van der Waals surface area contributed by atoms with Crippen LogP contribution in [0.15, 0.2) is 0 Å². The van der Waals surface area contributed by atoms with E-state index in [1.165, 1.54) is 21.0 Å². The van der Waals surface area contributed by atoms with Gasteiger partial charge in [0, 0.05) is 7.11 Å². The number of hydrogen-bond donors (Lipinski definition) is 0. The largest absolute Gasteiger partial charge is 1.00 e. The summed E-state index contributed by atoms with van der Waals surface area (Å²) in [4.78, 5) is 0. The van der Waals surface area contributed by atoms with Crippen LogP contribution in [0.1, 0.15) is 13.8 Å². The van der Waals surface area contributed by atoms with Crippen molar-refractivity contribution in [2.45, 2.75) is 19.6 Å². The predicted molar refractivity (Wildman–Crippen MR) is 21.1 cm³/mol. The zero-order valence-electron chi connectivity index (χ0n) is 5.32. The first-order valence-corrected chi connectivity index (χ1v) is 1.82. The second kappa shape index (κ2) is 3.87. The van der Waals surface area contributed by atoms with Crippen LogP contribution in [0.2, 0.25) is 0 Å². The van der Waals surface area contributed by atoms with Gasteiger partial charge >= 0.3 is 29.6 Å². The molecule has 0 aromatic heterocycles. The average Bonchev–Trinajstić information content (AvgIpc) is 1.35. The average molecular weight is 112 g/mol. The fourth-order valence-corrected chi connectivity index (χ4v) is 0. The van der Waals surface area contributed by atoms with E-state index in [9.17, 15) is 5.11 Å². The summed E-state index contributed by atoms with van der Waals surface area (Å²) in [5.74, 6) is -1.21. The summed E-state index contributed by atoms with van der Waals surface area (Å²) in [6.07, 6.45) is 0. The quantitative estimate of drug-likeness (QED) is 0.263. The van der Waals surface area contributed by atoms with Gasteiger partial charge in [-0.05, 0) is 5.79 Å². The van der Waals surface area contributed by atoms with Crippen LogP contribution >= 0.6 is 0 Å². The van der Waals surface area contributed by atoms with Gasteiger partial charge in [-0.1, -0.05) is 13.8 Å². The molecule has 3 heteroatoms. The predicted octanol–water partition coefficient (Wildman–Crippen LogP) is -3.27. The minimum Gasteiger partial charge on any atom is -0.829 e. The Kier molecular flexibility index (Phi) is 5.98. The standard InChI is InChI=1S/C4H9O2.Na/c1-4(2,5)6-3;/h1-3H3;/q-1;+1. The van der Waals surface area contributed by atoms with Gasteiger partial charge in [0.15, 0.2) is 0 Å². The van der Waals surface area contributed by atoms with Crippen molar-refractivity contribution >= 4 is 0 Å². The van der Waals surface area contributed by atoms with Crippen molar-refractivity contribution in [1.29, 1.82) is 0 Å². The van der Waals surface area contributed by atoms with Gasteiger partial charge in [-0.25, -0.2) is 0 Å². The van der Waals surface area contributed by atoms with Crippen LogP contribution in [-0.2, 0) is 4.74 Å². The molecule has 0 atom stereocenters. The second-order valence-corrected chi connectivity index (χ2v) is 1.60. The summed E-state index contributed by atoms with van der Waals surface area (Å²) in [5, 5.41) is 10.2. The molecule has 0 fully saturated rings. The summed E-state index contributed by atoms with van der Waals surface area (Å²) < 4.78 is 4.38. The molecule has 0 unspecified atom stereocenters. The third-order valence-electron chi connectivity index (χ3n) is 0.492. The number of rotatable bonds is 1. The molecule has 0 heterocycles. The van der Waals surface area contributed by atoms with E-state index in [0.29, 0.717) is 0 Å². The molecular weight excluding hydrogens is 103 g/mol. The van der Waals surface area contributed by atoms with E-state index < -0.39 is 5.79 Å². The minimum absolute atomic E-state index is 0. The van der Waals surface area contributed by atoms with Gasteiger partial charge in [0.2, 0.25) is 0 Å². The van der Waals surface area contributed by atoms with Crippen LogP contribution in [-0.4, -0.2) is 12.9 Å². The monoisotopic (exact) mass is 112 g/mol. The molecule has 0 spiro atoms. The third kappa shape index (κ3) is 10.9. The third-order valence-corrected chi connectivity index (χ3v) is 0.492. The number of hydrogen-bond acceptors (Lipinski definition) is 2. The van der Waals surface area contributed by atoms with Crippen molar-refractivity contribution in [3.05, 3.63) is 0 Å². The van der Waals surface area contributed by atoms with Crippen molar-refractivity contribution in [2.24, 2.45) is 0 Å². The Bertz CT molecular complexity index is 39.4. The molecule has 0 aliphatic heterocycles. The smallest absolute Gasteiger partial charge is 0.829 e. The van der Waals surface area contributed by atoms with Gasteiger partial charge in [0.1, 0.15) is 0 Å². The molecule has 0 aromatic rings. The van der Waals surface area contributed by atoms with Gasteiger partial charge in [0.05, 0.1) is 0 Å². The van der Waals surface area contributed by atoms with Crippen molar-refractivity contribution < 1.29 is 39.4 Å². The first-order valence-electron chi connectivity index (χ1n) is 1.82. The Morgan fingerprint density at radius 1 is 1.43 bits per heavy atom. The summed E-state index contributed by atoms with van der Waals surface area (Å²) in [6.45, 7) is 2.93. The van der Waals surface area contributed by atoms with Crippen LogP contribution in [0.5, 0.6) is 0 Å². The molecule has 0 N–H and O–H groups in total. The maximum atomic E-state index is 10.2. The van der Waals surface area contributed by atoms with Crippen molar-refractivity contribution in [2.75, 3.05) is 7.11 Å². The molecule has 0 aliphatic rings. The first-order chi connectivity index (χ1) is 2.56. The Morgan fingerprint density at radius 2 is 1.57 bits per heavy atom. The number of methoxy groups -OCH3 is 1. The number of ether oxygens (including phenoxy) is 1. The molecule has 0 bridgehead atoms. The van der Waals surface area contributed by atoms with E-state index in [4.69, 9.17) is 0 Å². The van der Waals surface area contributed by atoms with E-state index in [0.717, 1.165) is 0 Å². The first kappa shape index (κ1) is 10.8. The summed E-state index contributed by atoms with van der Waals surface area (Å²) in [5.41, 5.74) is 0. The van der Waals surface area contributed by atoms with Crippen molar-refractivity contribution in [3.8, 4) is 0 Å². The van der Waals surface area contributed by atoms with E-state index in [2.05, 4.69) is 4.74 Å². The molecular formula is C4H9NaO2. The molecule has 0 saturated heterocycles. The summed E-state index contributed by atoms with van der Waals surface area (Å²) in [6, 6.07) is 0. The Morgan fingerprint density at radius 3 is 1.57 bits per heavy atom. The zero-order valence-corrected chi connectivity index (χ0v) is 7.32. The zero-order chi connectivity index (χ0) is 5.21. The SMILES string of the molecule is COC(C)(C)[O-].[Na+]. The molecule has 0 aromatic carbocycles. The molecule has 38 valence electrons. The van der Waals surface area contributed by atoms with Crippen LogP contribution in [0.25, 0.3) is 0 Å². The molecule has 0 amide bonds. The van der Waals surface area contributed by atoms with Gasteiger partial charge < -0.3 is 9.84 Å². The van der Waals surface area contributed by atoms with Gasteiger partial charge in [-0.3, -0.25) is 0 Å². The molecule has 7 heavy (non-hydrogen) atoms. The van der Waals surface area contributed by atoms with Crippen molar-refractivity contribution in [3.63, 3.8) is 0 Å². The molecule has 0 saturated carbocycles. The Balaban J connectivity index is 0. The topological polar surface area (TPSA) is 32.3 Å². The van der Waals surface area contributed by atoms with Crippen LogP contribution in [0, 0.1) is 0 Å². The van der Waals surface area contributed by atoms with Crippen molar-refractivity contribution in [1.82, 2.24) is 0 Å². The Hall–Kier alpha value is 0.920. The summed E-state index contributed by atoms with van der Waals surface area (Å²) >= 11 is 0. The van der Waals surface area contributed by atoms with Gasteiger partial charge in [-0.2, -0.15) is 0 Å². The van der Waals surface area contributed by atoms with E-state index >= 15 is 0 Å². The Labute approximate surface area is 66.2 Å². The molecule has 0 radical (unpaired) electrons.